The molecule has 5 rings (SSSR count). The highest BCUT2D eigenvalue weighted by Crippen LogP contribution is 2.33. The number of thiazole rings is 1. The SMILES string of the molecule is CC(C)(C)c1ncc2sc(N3CCN(S(=O)(=O)c4ccc(OC(F)(F)F)cc4)[C@@H](C(=O)NCc4ccc(OC(F)(F)F)cc4)C3)nc2n1. The smallest absolute Gasteiger partial charge is 0.406 e. The molecule has 0 radical (unpaired) electrons. The number of hydrogen-bond donors (Lipinski definition) is 1. The van der Waals surface area contributed by atoms with Crippen LogP contribution in [0.5, 0.6) is 11.5 Å². The highest BCUT2D eigenvalue weighted by molar-refractivity contribution is 7.89. The second kappa shape index (κ2) is 13.0. The summed E-state index contributed by atoms with van der Waals surface area (Å²) in [5.74, 6) is -1.24. The largest absolute Gasteiger partial charge is 0.573 e. The van der Waals surface area contributed by atoms with Gasteiger partial charge in [0.25, 0.3) is 0 Å². The van der Waals surface area contributed by atoms with Gasteiger partial charge in [-0.1, -0.05) is 44.2 Å². The number of carbonyl (C=O) groups excluding carboxylic acids is 1. The van der Waals surface area contributed by atoms with Gasteiger partial charge in [0.05, 0.1) is 15.8 Å². The number of piperazine rings is 1. The summed E-state index contributed by atoms with van der Waals surface area (Å²) in [6.45, 7) is 5.45. The lowest BCUT2D eigenvalue weighted by molar-refractivity contribution is -0.275. The van der Waals surface area contributed by atoms with E-state index in [0.717, 1.165) is 40.7 Å². The van der Waals surface area contributed by atoms with Crippen LogP contribution in [0.15, 0.2) is 59.6 Å². The standard InChI is InChI=1S/C29H28F6N6O5S2/c1-27(2,3)25-37-15-22-23(38-25)39-26(47-22)40-12-13-41(48(43,44)20-10-8-19(9-11-20)46-29(33,34)35)21(16-40)24(42)36-14-17-4-6-18(7-5-17)45-28(30,31)32/h4-11,15,21H,12-14,16H2,1-3H3,(H,36,42)/t21-/m1/s1. The van der Waals surface area contributed by atoms with Crippen molar-refractivity contribution >= 4 is 42.7 Å². The van der Waals surface area contributed by atoms with Gasteiger partial charge in [-0.15, -0.1) is 26.3 Å². The number of aromatic nitrogens is 3. The Labute approximate surface area is 274 Å². The number of amides is 1. The van der Waals surface area contributed by atoms with Gasteiger partial charge in [0.15, 0.2) is 10.8 Å². The Bertz CT molecular complexity index is 1880. The van der Waals surface area contributed by atoms with Gasteiger partial charge in [0.1, 0.15) is 23.4 Å². The van der Waals surface area contributed by atoms with E-state index in [0.29, 0.717) is 26.9 Å². The number of fused-ring (bicyclic) bond motifs is 1. The zero-order valence-electron chi connectivity index (χ0n) is 25.5. The number of alkyl halides is 6. The van der Waals surface area contributed by atoms with Crippen LogP contribution >= 0.6 is 11.3 Å². The minimum absolute atomic E-state index is 0.109. The summed E-state index contributed by atoms with van der Waals surface area (Å²) in [5.41, 5.74) is 0.494. The van der Waals surface area contributed by atoms with E-state index in [2.05, 4.69) is 29.7 Å². The third-order valence-corrected chi connectivity index (χ3v) is 9.96. The Morgan fingerprint density at radius 1 is 0.917 bits per heavy atom. The molecule has 0 bridgehead atoms. The second-order valence-corrected chi connectivity index (χ2v) is 14.5. The van der Waals surface area contributed by atoms with Gasteiger partial charge in [-0.3, -0.25) is 4.79 Å². The van der Waals surface area contributed by atoms with E-state index in [9.17, 15) is 39.6 Å². The summed E-state index contributed by atoms with van der Waals surface area (Å²) in [7, 11) is -4.43. The van der Waals surface area contributed by atoms with E-state index in [1.807, 2.05) is 20.8 Å². The average Bonchev–Trinajstić information content (AvgIpc) is 3.42. The summed E-state index contributed by atoms with van der Waals surface area (Å²) >= 11 is 1.26. The maximum Gasteiger partial charge on any atom is 0.573 e. The lowest BCUT2D eigenvalue weighted by atomic mass is 9.96. The molecular weight excluding hydrogens is 690 g/mol. The van der Waals surface area contributed by atoms with Crippen molar-refractivity contribution in [2.75, 3.05) is 24.5 Å². The monoisotopic (exact) mass is 718 g/mol. The van der Waals surface area contributed by atoms with Crippen molar-refractivity contribution in [3.63, 3.8) is 0 Å². The van der Waals surface area contributed by atoms with Crippen molar-refractivity contribution in [3.8, 4) is 11.5 Å². The first kappa shape index (κ1) is 35.1. The number of sulfonamides is 1. The van der Waals surface area contributed by atoms with E-state index >= 15 is 0 Å². The van der Waals surface area contributed by atoms with Crippen molar-refractivity contribution < 1.29 is 49.0 Å². The van der Waals surface area contributed by atoms with Crippen LogP contribution in [0.25, 0.3) is 10.3 Å². The molecule has 0 unspecified atom stereocenters. The number of nitrogens with one attached hydrogen (secondary N) is 1. The summed E-state index contributed by atoms with van der Waals surface area (Å²) in [6, 6.07) is 7.01. The van der Waals surface area contributed by atoms with E-state index in [1.165, 1.54) is 23.5 Å². The number of benzene rings is 2. The van der Waals surface area contributed by atoms with Crippen LogP contribution in [0.4, 0.5) is 31.5 Å². The molecular formula is C29H28F6N6O5S2. The van der Waals surface area contributed by atoms with Crippen molar-refractivity contribution in [2.24, 2.45) is 0 Å². The third kappa shape index (κ3) is 8.43. The predicted molar refractivity (Wildman–Crippen MR) is 162 cm³/mol. The van der Waals surface area contributed by atoms with Crippen LogP contribution in [-0.4, -0.2) is 72.0 Å². The number of hydrogen-bond acceptors (Lipinski definition) is 10. The zero-order chi connectivity index (χ0) is 35.1. The van der Waals surface area contributed by atoms with Gasteiger partial charge >= 0.3 is 12.7 Å². The Kier molecular flexibility index (Phi) is 9.50. The van der Waals surface area contributed by atoms with Crippen LogP contribution in [0.2, 0.25) is 0 Å². The normalized spacial score (nSPS) is 16.6. The zero-order valence-corrected chi connectivity index (χ0v) is 27.1. The Hall–Kier alpha value is -4.23. The summed E-state index contributed by atoms with van der Waals surface area (Å²) in [6.07, 6.45) is -8.22. The van der Waals surface area contributed by atoms with Crippen molar-refractivity contribution in [1.29, 1.82) is 0 Å². The molecule has 1 fully saturated rings. The molecule has 19 heteroatoms. The van der Waals surface area contributed by atoms with Gasteiger partial charge in [-0.2, -0.15) is 9.29 Å². The van der Waals surface area contributed by atoms with E-state index in [1.54, 1.807) is 11.1 Å². The maximum absolute atomic E-state index is 13.8. The van der Waals surface area contributed by atoms with Crippen molar-refractivity contribution in [2.45, 2.75) is 56.4 Å². The second-order valence-electron chi connectivity index (χ2n) is 11.6. The van der Waals surface area contributed by atoms with E-state index in [-0.39, 0.29) is 36.5 Å². The maximum atomic E-state index is 13.8. The fourth-order valence-corrected chi connectivity index (χ4v) is 7.21. The molecule has 1 amide bonds. The van der Waals surface area contributed by atoms with Crippen LogP contribution in [-0.2, 0) is 26.8 Å². The van der Waals surface area contributed by atoms with E-state index in [4.69, 9.17) is 0 Å². The number of nitrogens with zero attached hydrogens (tertiary/aromatic N) is 5. The Morgan fingerprint density at radius 3 is 2.06 bits per heavy atom. The van der Waals surface area contributed by atoms with Crippen molar-refractivity contribution in [3.05, 3.63) is 66.1 Å². The molecule has 0 saturated carbocycles. The molecule has 1 aliphatic rings. The molecule has 258 valence electrons. The van der Waals surface area contributed by atoms with Gasteiger partial charge in [0.2, 0.25) is 15.9 Å². The van der Waals surface area contributed by atoms with Crippen LogP contribution < -0.4 is 19.7 Å². The third-order valence-electron chi connectivity index (χ3n) is 7.00. The summed E-state index contributed by atoms with van der Waals surface area (Å²) < 4.78 is 112. The van der Waals surface area contributed by atoms with Gasteiger partial charge in [-0.25, -0.2) is 18.4 Å². The molecule has 0 spiro atoms. The molecule has 4 aromatic rings. The molecule has 1 aliphatic heterocycles. The van der Waals surface area contributed by atoms with Gasteiger partial charge in [-0.05, 0) is 42.0 Å². The molecule has 2 aromatic heterocycles. The lowest BCUT2D eigenvalue weighted by Gasteiger charge is -2.39. The molecule has 3 heterocycles. The first-order valence-corrected chi connectivity index (χ1v) is 16.4. The van der Waals surface area contributed by atoms with Crippen LogP contribution in [0.3, 0.4) is 0 Å². The topological polar surface area (TPSA) is 127 Å². The molecule has 1 saturated heterocycles. The molecule has 1 N–H and O–H groups in total. The molecule has 2 aromatic carbocycles. The minimum Gasteiger partial charge on any atom is -0.406 e. The highest BCUT2D eigenvalue weighted by Gasteiger charge is 2.41. The molecule has 48 heavy (non-hydrogen) atoms. The highest BCUT2D eigenvalue weighted by atomic mass is 32.2. The number of carbonyl (C=O) groups is 1. The Balaban J connectivity index is 1.40. The summed E-state index contributed by atoms with van der Waals surface area (Å²) in [4.78, 5) is 28.6. The Morgan fingerprint density at radius 2 is 1.50 bits per heavy atom. The average molecular weight is 719 g/mol. The quantitative estimate of drug-likeness (QED) is 0.239. The number of anilines is 1. The van der Waals surface area contributed by atoms with Gasteiger partial charge in [0, 0.05) is 31.6 Å². The lowest BCUT2D eigenvalue weighted by Crippen LogP contribution is -2.60. The number of rotatable bonds is 8. The molecule has 1 atom stereocenters. The predicted octanol–water partition coefficient (Wildman–Crippen LogP) is 5.38. The van der Waals surface area contributed by atoms with Gasteiger partial charge < -0.3 is 19.7 Å². The van der Waals surface area contributed by atoms with E-state index < -0.39 is 46.2 Å². The molecule has 0 aliphatic carbocycles. The fraction of sp³-hybridized carbons (Fsp3) is 0.379. The number of ether oxygens (including phenoxy) is 2. The minimum atomic E-state index is -4.98. The fourth-order valence-electron chi connectivity index (χ4n) is 4.73. The van der Waals surface area contributed by atoms with Crippen molar-refractivity contribution in [1.82, 2.24) is 24.6 Å². The molecule has 11 nitrogen and oxygen atoms in total. The van der Waals surface area contributed by atoms with Crippen LogP contribution in [0.1, 0.15) is 32.2 Å². The first-order chi connectivity index (χ1) is 22.3. The van der Waals surface area contributed by atoms with Crippen LogP contribution in [0, 0.1) is 0 Å². The summed E-state index contributed by atoms with van der Waals surface area (Å²) in [5, 5.41) is 3.10. The number of halogens is 6. The first-order valence-electron chi connectivity index (χ1n) is 14.2.